The van der Waals surface area contributed by atoms with Gasteiger partial charge in [-0.25, -0.2) is 0 Å². The van der Waals surface area contributed by atoms with Crippen LogP contribution in [-0.2, 0) is 4.79 Å². The lowest BCUT2D eigenvalue weighted by Crippen LogP contribution is -2.29. The minimum Gasteiger partial charge on any atom is -0.494 e. The van der Waals surface area contributed by atoms with Gasteiger partial charge < -0.3 is 24.8 Å². The summed E-state index contributed by atoms with van der Waals surface area (Å²) in [5, 5.41) is 7.06. The van der Waals surface area contributed by atoms with E-state index in [9.17, 15) is 4.79 Å². The Balaban J connectivity index is 1.65. The van der Waals surface area contributed by atoms with Gasteiger partial charge in [0.25, 0.3) is 0 Å². The van der Waals surface area contributed by atoms with Gasteiger partial charge in [0.2, 0.25) is 5.91 Å². The fourth-order valence-corrected chi connectivity index (χ4v) is 5.72. The second-order valence-electron chi connectivity index (χ2n) is 9.78. The van der Waals surface area contributed by atoms with Crippen molar-refractivity contribution in [2.24, 2.45) is 0 Å². The maximum Gasteiger partial charge on any atom is 0.224 e. The topological polar surface area (TPSA) is 71.4 Å². The summed E-state index contributed by atoms with van der Waals surface area (Å²) >= 11 is 5.94. The molecule has 2 aromatic heterocycles. The molecule has 1 fully saturated rings. The lowest BCUT2D eigenvalue weighted by Gasteiger charge is -2.29. The molecule has 1 amide bonds. The van der Waals surface area contributed by atoms with Crippen LogP contribution >= 0.6 is 12.2 Å². The van der Waals surface area contributed by atoms with Crippen LogP contribution in [0.5, 0.6) is 5.75 Å². The molecule has 0 bridgehead atoms. The molecule has 0 saturated carbocycles. The number of nitrogens with zero attached hydrogens (tertiary/aromatic N) is 3. The first-order chi connectivity index (χ1) is 18.8. The number of benzene rings is 2. The molecule has 2 atom stereocenters. The second-order valence-corrected chi connectivity index (χ2v) is 10.2. The Morgan fingerprint density at radius 3 is 2.56 bits per heavy atom. The van der Waals surface area contributed by atoms with E-state index in [-0.39, 0.29) is 18.0 Å². The highest BCUT2D eigenvalue weighted by molar-refractivity contribution is 7.80. The van der Waals surface area contributed by atoms with Crippen LogP contribution < -0.4 is 20.3 Å². The molecule has 39 heavy (non-hydrogen) atoms. The fraction of sp³-hybridized carbons (Fsp3) is 0.258. The predicted molar refractivity (Wildman–Crippen MR) is 160 cm³/mol. The van der Waals surface area contributed by atoms with Crippen molar-refractivity contribution in [3.8, 4) is 11.4 Å². The number of rotatable bonds is 7. The lowest BCUT2D eigenvalue weighted by molar-refractivity contribution is -0.115. The Bertz CT molecular complexity index is 1530. The van der Waals surface area contributed by atoms with Crippen molar-refractivity contribution in [3.63, 3.8) is 0 Å². The third-order valence-corrected chi connectivity index (χ3v) is 7.52. The van der Waals surface area contributed by atoms with Crippen LogP contribution in [0.3, 0.4) is 0 Å². The van der Waals surface area contributed by atoms with E-state index in [1.54, 1.807) is 7.11 Å². The van der Waals surface area contributed by atoms with Crippen LogP contribution in [0.25, 0.3) is 5.69 Å². The minimum atomic E-state index is -0.171. The summed E-state index contributed by atoms with van der Waals surface area (Å²) in [6, 6.07) is 22.1. The summed E-state index contributed by atoms with van der Waals surface area (Å²) in [6.07, 6.45) is 2.19. The molecule has 0 aliphatic carbocycles. The van der Waals surface area contributed by atoms with Gasteiger partial charge in [0.15, 0.2) is 5.11 Å². The summed E-state index contributed by atoms with van der Waals surface area (Å²) in [4.78, 5) is 18.9. The maximum atomic E-state index is 12.1. The van der Waals surface area contributed by atoms with Crippen molar-refractivity contribution in [1.82, 2.24) is 14.9 Å². The van der Waals surface area contributed by atoms with Gasteiger partial charge in [0.05, 0.1) is 30.6 Å². The number of anilines is 2. The highest BCUT2D eigenvalue weighted by Crippen LogP contribution is 2.45. The Labute approximate surface area is 234 Å². The number of methoxy groups -OCH3 is 1. The molecule has 2 aromatic carbocycles. The maximum absolute atomic E-state index is 12.1. The normalized spacial score (nSPS) is 16.7. The third-order valence-electron chi connectivity index (χ3n) is 7.21. The van der Waals surface area contributed by atoms with Crippen LogP contribution in [0.2, 0.25) is 0 Å². The molecule has 0 spiro atoms. The van der Waals surface area contributed by atoms with E-state index in [2.05, 4.69) is 76.2 Å². The summed E-state index contributed by atoms with van der Waals surface area (Å²) < 4.78 is 7.97. The summed E-state index contributed by atoms with van der Waals surface area (Å²) in [5.41, 5.74) is 8.17. The quantitative estimate of drug-likeness (QED) is 0.267. The van der Waals surface area contributed by atoms with Crippen molar-refractivity contribution >= 4 is 34.6 Å². The lowest BCUT2D eigenvalue weighted by atomic mass is 9.96. The Hall–Kier alpha value is -4.17. The molecule has 7 nitrogen and oxygen atoms in total. The predicted octanol–water partition coefficient (Wildman–Crippen LogP) is 6.33. The van der Waals surface area contributed by atoms with Gasteiger partial charge in [-0.3, -0.25) is 9.78 Å². The molecule has 1 aliphatic rings. The van der Waals surface area contributed by atoms with Gasteiger partial charge in [0, 0.05) is 41.4 Å². The van der Waals surface area contributed by atoms with Gasteiger partial charge in [-0.15, -0.1) is 0 Å². The Morgan fingerprint density at radius 2 is 1.87 bits per heavy atom. The molecule has 0 radical (unpaired) electrons. The van der Waals surface area contributed by atoms with Crippen LogP contribution in [0.4, 0.5) is 11.4 Å². The molecular formula is C31H33N5O2S. The largest absolute Gasteiger partial charge is 0.494 e. The number of nitrogens with one attached hydrogen (secondary N) is 2. The fourth-order valence-electron chi connectivity index (χ4n) is 5.37. The number of thiocarbonyl (C=S) groups is 1. The van der Waals surface area contributed by atoms with Crippen LogP contribution in [0.1, 0.15) is 53.6 Å². The summed E-state index contributed by atoms with van der Waals surface area (Å²) in [6.45, 7) is 8.22. The van der Waals surface area contributed by atoms with E-state index in [0.717, 1.165) is 34.0 Å². The van der Waals surface area contributed by atoms with Crippen LogP contribution in [0.15, 0.2) is 72.9 Å². The van der Waals surface area contributed by atoms with Crippen molar-refractivity contribution in [2.75, 3.05) is 17.3 Å². The van der Waals surface area contributed by atoms with Crippen molar-refractivity contribution in [1.29, 1.82) is 0 Å². The molecule has 1 aliphatic heterocycles. The van der Waals surface area contributed by atoms with E-state index >= 15 is 0 Å². The molecule has 200 valence electrons. The second kappa shape index (κ2) is 10.9. The summed E-state index contributed by atoms with van der Waals surface area (Å²) in [7, 11) is 1.60. The monoisotopic (exact) mass is 539 g/mol. The van der Waals surface area contributed by atoms with Crippen LogP contribution in [-0.4, -0.2) is 27.7 Å². The number of amides is 1. The van der Waals surface area contributed by atoms with E-state index in [1.807, 2.05) is 49.5 Å². The number of carbonyl (C=O) groups is 1. The standard InChI is InChI=1S/C31H33N5O2S/c1-6-28(37)33-25-14-13-23(18-27(25)38-5)36-30(29(34-31(36)39)26-12-7-8-15-32-26)24-17-20(3)35(21(24)4)22-11-9-10-19(2)16-22/h7-18,29-30H,6H2,1-5H3,(H,33,37)(H,34,39)/t29-,30+/m1/s1. The smallest absolute Gasteiger partial charge is 0.224 e. The van der Waals surface area contributed by atoms with E-state index < -0.39 is 0 Å². The van der Waals surface area contributed by atoms with E-state index in [4.69, 9.17) is 17.0 Å². The Kier molecular flexibility index (Phi) is 7.39. The Morgan fingerprint density at radius 1 is 1.05 bits per heavy atom. The number of aryl methyl sites for hydroxylation is 2. The average Bonchev–Trinajstić information content (AvgIpc) is 3.43. The zero-order valence-electron chi connectivity index (χ0n) is 22.9. The zero-order chi connectivity index (χ0) is 27.7. The first-order valence-corrected chi connectivity index (χ1v) is 13.5. The minimum absolute atomic E-state index is 0.0731. The van der Waals surface area contributed by atoms with Crippen molar-refractivity contribution in [2.45, 2.75) is 46.2 Å². The van der Waals surface area contributed by atoms with Gasteiger partial charge in [0.1, 0.15) is 5.75 Å². The number of pyridine rings is 1. The SMILES string of the molecule is CCC(=O)Nc1ccc(N2C(=S)N[C@H](c3ccccn3)[C@@H]2c2cc(C)n(-c3cccc(C)c3)c2C)cc1OC. The first-order valence-electron chi connectivity index (χ1n) is 13.1. The number of carbonyl (C=O) groups excluding carboxylic acids is 1. The molecule has 3 heterocycles. The number of hydrogen-bond acceptors (Lipinski definition) is 4. The number of ether oxygens (including phenoxy) is 1. The molecule has 4 aromatic rings. The van der Waals surface area contributed by atoms with Crippen molar-refractivity contribution in [3.05, 3.63) is 101 Å². The van der Waals surface area contributed by atoms with Gasteiger partial charge in [-0.05, 0) is 86.6 Å². The van der Waals surface area contributed by atoms with E-state index in [1.165, 1.54) is 5.56 Å². The van der Waals surface area contributed by atoms with Gasteiger partial charge >= 0.3 is 0 Å². The average molecular weight is 540 g/mol. The molecule has 1 saturated heterocycles. The summed E-state index contributed by atoms with van der Waals surface area (Å²) in [5.74, 6) is 0.499. The van der Waals surface area contributed by atoms with Gasteiger partial charge in [-0.1, -0.05) is 25.1 Å². The molecule has 5 rings (SSSR count). The van der Waals surface area contributed by atoms with Crippen molar-refractivity contribution < 1.29 is 9.53 Å². The molecule has 0 unspecified atom stereocenters. The molecular weight excluding hydrogens is 506 g/mol. The first kappa shape index (κ1) is 26.4. The van der Waals surface area contributed by atoms with Gasteiger partial charge in [-0.2, -0.15) is 0 Å². The highest BCUT2D eigenvalue weighted by Gasteiger charge is 2.42. The number of hydrogen-bond donors (Lipinski definition) is 2. The zero-order valence-corrected chi connectivity index (χ0v) is 23.7. The van der Waals surface area contributed by atoms with Crippen LogP contribution in [0, 0.1) is 20.8 Å². The van der Waals surface area contributed by atoms with E-state index in [0.29, 0.717) is 23.0 Å². The highest BCUT2D eigenvalue weighted by atomic mass is 32.1. The number of aromatic nitrogens is 2. The third kappa shape index (κ3) is 5.00. The molecule has 8 heteroatoms. The molecule has 2 N–H and O–H groups in total.